The van der Waals surface area contributed by atoms with Crippen LogP contribution in [0, 0.1) is 0 Å². The van der Waals surface area contributed by atoms with Gasteiger partial charge < -0.3 is 14.0 Å². The fourth-order valence-electron chi connectivity index (χ4n) is 2.72. The molecule has 0 aromatic carbocycles. The van der Waals surface area contributed by atoms with Gasteiger partial charge in [-0.05, 0) is 19.8 Å². The van der Waals surface area contributed by atoms with Crippen molar-refractivity contribution in [2.45, 2.75) is 57.5 Å². The lowest BCUT2D eigenvalue weighted by Crippen LogP contribution is -2.30. The highest BCUT2D eigenvalue weighted by Crippen LogP contribution is 2.37. The lowest BCUT2D eigenvalue weighted by molar-refractivity contribution is -0.140. The molecule has 1 aliphatic rings. The first-order chi connectivity index (χ1) is 9.70. The van der Waals surface area contributed by atoms with Gasteiger partial charge in [-0.1, -0.05) is 30.8 Å². The van der Waals surface area contributed by atoms with Crippen LogP contribution < -0.4 is 0 Å². The summed E-state index contributed by atoms with van der Waals surface area (Å²) in [5.74, 6) is 0.474. The summed E-state index contributed by atoms with van der Waals surface area (Å²) in [6.45, 7) is 2.59. The van der Waals surface area contributed by atoms with Crippen molar-refractivity contribution in [3.8, 4) is 0 Å². The number of nitrogens with zero attached hydrogens (tertiary/aromatic N) is 2. The zero-order chi connectivity index (χ0) is 14.4. The van der Waals surface area contributed by atoms with Crippen LogP contribution in [0.15, 0.2) is 4.52 Å². The largest absolute Gasteiger partial charge is 0.469 e. The monoisotopic (exact) mass is 282 g/mol. The van der Waals surface area contributed by atoms with E-state index >= 15 is 0 Å². The van der Waals surface area contributed by atoms with E-state index in [1.54, 1.807) is 0 Å². The van der Waals surface area contributed by atoms with Gasteiger partial charge in [0, 0.05) is 6.61 Å². The van der Waals surface area contributed by atoms with Gasteiger partial charge in [0.1, 0.15) is 12.0 Å². The Morgan fingerprint density at radius 3 is 2.60 bits per heavy atom. The first kappa shape index (κ1) is 15.0. The summed E-state index contributed by atoms with van der Waals surface area (Å²) in [6, 6.07) is 0. The van der Waals surface area contributed by atoms with Crippen LogP contribution in [0.4, 0.5) is 0 Å². The minimum Gasteiger partial charge on any atom is -0.469 e. The number of hydrogen-bond donors (Lipinski definition) is 0. The maximum absolute atomic E-state index is 11.2. The number of methoxy groups -OCH3 is 1. The number of rotatable bonds is 5. The Balaban J connectivity index is 2.18. The fourth-order valence-corrected chi connectivity index (χ4v) is 2.72. The van der Waals surface area contributed by atoms with Crippen molar-refractivity contribution >= 4 is 5.97 Å². The second-order valence-corrected chi connectivity index (χ2v) is 5.11. The number of carbonyl (C=O) groups excluding carboxylic acids is 1. The van der Waals surface area contributed by atoms with Gasteiger partial charge in [0.2, 0.25) is 11.7 Å². The summed E-state index contributed by atoms with van der Waals surface area (Å²) in [7, 11) is 1.34. The third-order valence-corrected chi connectivity index (χ3v) is 3.73. The maximum atomic E-state index is 11.2. The molecule has 0 bridgehead atoms. The zero-order valence-corrected chi connectivity index (χ0v) is 12.2. The number of ether oxygens (including phenoxy) is 2. The Hall–Kier alpha value is -1.43. The molecule has 1 saturated carbocycles. The molecule has 20 heavy (non-hydrogen) atoms. The van der Waals surface area contributed by atoms with Crippen molar-refractivity contribution in [3.63, 3.8) is 0 Å². The Kier molecular flexibility index (Phi) is 5.11. The molecule has 0 aliphatic heterocycles. The highest BCUT2D eigenvalue weighted by molar-refractivity contribution is 5.71. The molecule has 1 aliphatic carbocycles. The minimum absolute atomic E-state index is 0.00566. The van der Waals surface area contributed by atoms with Gasteiger partial charge >= 0.3 is 5.97 Å². The Morgan fingerprint density at radius 1 is 1.30 bits per heavy atom. The van der Waals surface area contributed by atoms with Gasteiger partial charge in [-0.2, -0.15) is 4.98 Å². The van der Waals surface area contributed by atoms with Crippen LogP contribution >= 0.6 is 0 Å². The fraction of sp³-hybridized carbons (Fsp3) is 0.786. The molecule has 1 aromatic rings. The van der Waals surface area contributed by atoms with E-state index in [2.05, 4.69) is 14.9 Å². The molecule has 0 spiro atoms. The van der Waals surface area contributed by atoms with E-state index in [1.165, 1.54) is 20.0 Å². The summed E-state index contributed by atoms with van der Waals surface area (Å²) >= 11 is 0. The van der Waals surface area contributed by atoms with Crippen LogP contribution in [0.2, 0.25) is 0 Å². The van der Waals surface area contributed by atoms with Gasteiger partial charge in [-0.25, -0.2) is 0 Å². The Bertz CT molecular complexity index is 436. The van der Waals surface area contributed by atoms with Crippen molar-refractivity contribution in [2.75, 3.05) is 13.7 Å². The molecule has 0 saturated heterocycles. The van der Waals surface area contributed by atoms with Crippen LogP contribution in [-0.4, -0.2) is 29.8 Å². The summed E-state index contributed by atoms with van der Waals surface area (Å²) in [6.07, 6.45) is 6.42. The van der Waals surface area contributed by atoms with Crippen molar-refractivity contribution in [1.29, 1.82) is 0 Å². The molecule has 0 N–H and O–H groups in total. The molecular weight excluding hydrogens is 260 g/mol. The smallest absolute Gasteiger partial charge is 0.315 e. The van der Waals surface area contributed by atoms with Crippen LogP contribution in [0.5, 0.6) is 0 Å². The predicted octanol–water partition coefficient (Wildman–Crippen LogP) is 2.37. The van der Waals surface area contributed by atoms with Crippen LogP contribution in [0.25, 0.3) is 0 Å². The Labute approximate surface area is 118 Å². The van der Waals surface area contributed by atoms with Crippen LogP contribution in [0.1, 0.15) is 57.2 Å². The third kappa shape index (κ3) is 3.36. The molecule has 112 valence electrons. The molecular formula is C14H22N2O4. The van der Waals surface area contributed by atoms with Crippen LogP contribution in [0.3, 0.4) is 0 Å². The summed E-state index contributed by atoms with van der Waals surface area (Å²) in [4.78, 5) is 15.6. The molecule has 1 fully saturated rings. The molecule has 1 aromatic heterocycles. The van der Waals surface area contributed by atoms with E-state index in [-0.39, 0.29) is 18.3 Å². The lowest BCUT2D eigenvalue weighted by Gasteiger charge is -2.29. The number of hydrogen-bond acceptors (Lipinski definition) is 6. The molecule has 0 radical (unpaired) electrons. The van der Waals surface area contributed by atoms with Gasteiger partial charge in [-0.3, -0.25) is 4.79 Å². The first-order valence-electron chi connectivity index (χ1n) is 7.24. The summed E-state index contributed by atoms with van der Waals surface area (Å²) < 4.78 is 15.7. The van der Waals surface area contributed by atoms with Gasteiger partial charge in [0.15, 0.2) is 0 Å². The summed E-state index contributed by atoms with van der Waals surface area (Å²) in [5.41, 5.74) is -0.455. The van der Waals surface area contributed by atoms with Crippen LogP contribution in [-0.2, 0) is 26.3 Å². The van der Waals surface area contributed by atoms with E-state index < -0.39 is 5.60 Å². The second-order valence-electron chi connectivity index (χ2n) is 5.11. The van der Waals surface area contributed by atoms with Gasteiger partial charge in [-0.15, -0.1) is 0 Å². The highest BCUT2D eigenvalue weighted by atomic mass is 16.5. The average molecular weight is 282 g/mol. The van der Waals surface area contributed by atoms with Gasteiger partial charge in [0.05, 0.1) is 7.11 Å². The third-order valence-electron chi connectivity index (χ3n) is 3.73. The number of carbonyl (C=O) groups is 1. The van der Waals surface area contributed by atoms with Crippen molar-refractivity contribution in [3.05, 3.63) is 11.7 Å². The maximum Gasteiger partial charge on any atom is 0.315 e. The van der Waals surface area contributed by atoms with E-state index in [9.17, 15) is 4.79 Å². The highest BCUT2D eigenvalue weighted by Gasteiger charge is 2.38. The van der Waals surface area contributed by atoms with E-state index in [0.29, 0.717) is 12.4 Å². The SMILES string of the molecule is CCOC1(c2noc(CC(=O)OC)n2)CCCCCC1. The molecule has 6 nitrogen and oxygen atoms in total. The Morgan fingerprint density at radius 2 is 2.00 bits per heavy atom. The normalized spacial score (nSPS) is 18.5. The molecule has 1 heterocycles. The standard InChI is InChI=1S/C14H22N2O4/c1-3-19-14(8-6-4-5-7-9-14)13-15-11(20-16-13)10-12(17)18-2/h3-10H2,1-2H3. The summed E-state index contributed by atoms with van der Waals surface area (Å²) in [5, 5.41) is 4.04. The minimum atomic E-state index is -0.455. The van der Waals surface area contributed by atoms with E-state index in [0.717, 1.165) is 25.7 Å². The molecule has 2 rings (SSSR count). The van der Waals surface area contributed by atoms with E-state index in [4.69, 9.17) is 9.26 Å². The van der Waals surface area contributed by atoms with Crippen molar-refractivity contribution < 1.29 is 18.8 Å². The van der Waals surface area contributed by atoms with Crippen molar-refractivity contribution in [2.24, 2.45) is 0 Å². The first-order valence-corrected chi connectivity index (χ1v) is 7.24. The second kappa shape index (κ2) is 6.83. The number of esters is 1. The number of aromatic nitrogens is 2. The topological polar surface area (TPSA) is 74.5 Å². The van der Waals surface area contributed by atoms with E-state index in [1.807, 2.05) is 6.92 Å². The molecule has 0 atom stereocenters. The predicted molar refractivity (Wildman–Crippen MR) is 71.0 cm³/mol. The quantitative estimate of drug-likeness (QED) is 0.609. The average Bonchev–Trinajstić information content (AvgIpc) is 2.78. The molecule has 0 amide bonds. The molecule has 0 unspecified atom stereocenters. The van der Waals surface area contributed by atoms with Gasteiger partial charge in [0.25, 0.3) is 0 Å². The zero-order valence-electron chi connectivity index (χ0n) is 12.2. The van der Waals surface area contributed by atoms with Crippen molar-refractivity contribution in [1.82, 2.24) is 10.1 Å². The molecule has 6 heteroatoms. The lowest BCUT2D eigenvalue weighted by atomic mass is 9.93.